The van der Waals surface area contributed by atoms with Crippen molar-refractivity contribution in [2.24, 2.45) is 5.73 Å². The summed E-state index contributed by atoms with van der Waals surface area (Å²) in [5.74, 6) is 0.902. The molecule has 0 aliphatic rings. The second kappa shape index (κ2) is 3.78. The van der Waals surface area contributed by atoms with Crippen LogP contribution >= 0.6 is 0 Å². The molecule has 0 radical (unpaired) electrons. The lowest BCUT2D eigenvalue weighted by Crippen LogP contribution is -2.04. The molecule has 0 saturated carbocycles. The Morgan fingerprint density at radius 3 is 2.87 bits per heavy atom. The van der Waals surface area contributed by atoms with Crippen molar-refractivity contribution in [2.45, 2.75) is 19.9 Å². The van der Waals surface area contributed by atoms with Crippen molar-refractivity contribution in [3.8, 4) is 11.5 Å². The fraction of sp³-hybridized carbons (Fsp3) is 0.300. The molecule has 0 spiro atoms. The van der Waals surface area contributed by atoms with E-state index in [9.17, 15) is 0 Å². The number of aromatic nitrogens is 3. The Hall–Kier alpha value is -1.75. The Morgan fingerprint density at radius 1 is 1.47 bits per heavy atom. The molecule has 0 aliphatic carbocycles. The van der Waals surface area contributed by atoms with E-state index in [-0.39, 0.29) is 6.04 Å². The first-order valence-electron chi connectivity index (χ1n) is 4.69. The first-order valence-corrected chi connectivity index (χ1v) is 4.69. The van der Waals surface area contributed by atoms with Gasteiger partial charge in [-0.25, -0.2) is 0 Å². The van der Waals surface area contributed by atoms with Crippen molar-refractivity contribution in [1.29, 1.82) is 0 Å². The minimum Gasteiger partial charge on any atom is -0.337 e. The molecule has 2 aromatic rings. The average molecular weight is 204 g/mol. The van der Waals surface area contributed by atoms with Gasteiger partial charge in [-0.05, 0) is 31.5 Å². The van der Waals surface area contributed by atoms with Gasteiger partial charge in [-0.2, -0.15) is 4.98 Å². The van der Waals surface area contributed by atoms with Gasteiger partial charge in [0.2, 0.25) is 11.7 Å². The number of rotatable bonds is 2. The summed E-state index contributed by atoms with van der Waals surface area (Å²) in [6.45, 7) is 3.78. The highest BCUT2D eigenvalue weighted by Crippen LogP contribution is 2.16. The molecule has 78 valence electrons. The molecule has 1 atom stereocenters. The van der Waals surface area contributed by atoms with Gasteiger partial charge in [0.25, 0.3) is 0 Å². The summed E-state index contributed by atoms with van der Waals surface area (Å²) in [6, 6.07) is 3.56. The van der Waals surface area contributed by atoms with Gasteiger partial charge in [-0.3, -0.25) is 4.98 Å². The molecule has 15 heavy (non-hydrogen) atoms. The van der Waals surface area contributed by atoms with Crippen LogP contribution in [-0.4, -0.2) is 15.1 Å². The highest BCUT2D eigenvalue weighted by molar-refractivity contribution is 5.48. The van der Waals surface area contributed by atoms with Crippen LogP contribution in [0.1, 0.15) is 24.4 Å². The third-order valence-corrected chi connectivity index (χ3v) is 1.98. The van der Waals surface area contributed by atoms with Crippen LogP contribution in [0.4, 0.5) is 0 Å². The first-order chi connectivity index (χ1) is 7.16. The molecule has 5 heteroatoms. The molecule has 0 aromatic carbocycles. The van der Waals surface area contributed by atoms with E-state index in [1.165, 1.54) is 0 Å². The third-order valence-electron chi connectivity index (χ3n) is 1.98. The predicted octanol–water partition coefficient (Wildman–Crippen LogP) is 1.46. The molecule has 0 saturated heterocycles. The van der Waals surface area contributed by atoms with E-state index >= 15 is 0 Å². The van der Waals surface area contributed by atoms with Gasteiger partial charge in [0, 0.05) is 6.20 Å². The van der Waals surface area contributed by atoms with Crippen LogP contribution < -0.4 is 5.73 Å². The van der Waals surface area contributed by atoms with Crippen LogP contribution in [0, 0.1) is 6.92 Å². The summed E-state index contributed by atoms with van der Waals surface area (Å²) < 4.78 is 4.99. The van der Waals surface area contributed by atoms with Crippen LogP contribution in [0.15, 0.2) is 22.9 Å². The summed E-state index contributed by atoms with van der Waals surface area (Å²) in [4.78, 5) is 8.31. The molecule has 5 nitrogen and oxygen atoms in total. The fourth-order valence-electron chi connectivity index (χ4n) is 1.18. The lowest BCUT2D eigenvalue weighted by Gasteiger charge is -1.95. The van der Waals surface area contributed by atoms with E-state index in [0.717, 1.165) is 5.56 Å². The van der Waals surface area contributed by atoms with E-state index in [4.69, 9.17) is 10.3 Å². The number of aryl methyl sites for hydroxylation is 1. The molecular weight excluding hydrogens is 192 g/mol. The zero-order valence-electron chi connectivity index (χ0n) is 8.64. The zero-order chi connectivity index (χ0) is 10.8. The summed E-state index contributed by atoms with van der Waals surface area (Å²) in [5, 5.41) is 3.82. The normalized spacial score (nSPS) is 12.7. The van der Waals surface area contributed by atoms with Gasteiger partial charge in [-0.1, -0.05) is 5.16 Å². The quantitative estimate of drug-likeness (QED) is 0.801. The predicted molar refractivity (Wildman–Crippen MR) is 54.9 cm³/mol. The standard InChI is InChI=1S/C10H12N4O/c1-6-3-4-12-8(5-6)9-13-10(7(2)11)15-14-9/h3-5,7H,11H2,1-2H3/t7-/m1/s1. The van der Waals surface area contributed by atoms with Crippen molar-refractivity contribution in [3.63, 3.8) is 0 Å². The summed E-state index contributed by atoms with van der Waals surface area (Å²) >= 11 is 0. The van der Waals surface area contributed by atoms with Gasteiger partial charge in [-0.15, -0.1) is 0 Å². The van der Waals surface area contributed by atoms with Crippen molar-refractivity contribution >= 4 is 0 Å². The molecule has 2 heterocycles. The largest absolute Gasteiger partial charge is 0.337 e. The van der Waals surface area contributed by atoms with Crippen molar-refractivity contribution < 1.29 is 4.52 Å². The molecule has 2 rings (SSSR count). The van der Waals surface area contributed by atoms with Crippen LogP contribution in [0.3, 0.4) is 0 Å². The van der Waals surface area contributed by atoms with Crippen LogP contribution in [-0.2, 0) is 0 Å². The summed E-state index contributed by atoms with van der Waals surface area (Å²) in [6.07, 6.45) is 1.71. The first kappa shape index (κ1) is 9.79. The van der Waals surface area contributed by atoms with Gasteiger partial charge < -0.3 is 10.3 Å². The molecule has 0 amide bonds. The van der Waals surface area contributed by atoms with Gasteiger partial charge in [0.1, 0.15) is 5.69 Å². The van der Waals surface area contributed by atoms with Crippen molar-refractivity contribution in [3.05, 3.63) is 29.8 Å². The Bertz CT molecular complexity index is 464. The second-order valence-corrected chi connectivity index (χ2v) is 3.46. The average Bonchev–Trinajstić information content (AvgIpc) is 2.66. The highest BCUT2D eigenvalue weighted by Gasteiger charge is 2.12. The van der Waals surface area contributed by atoms with Crippen molar-refractivity contribution in [1.82, 2.24) is 15.1 Å². The van der Waals surface area contributed by atoms with E-state index in [1.54, 1.807) is 13.1 Å². The van der Waals surface area contributed by atoms with Crippen molar-refractivity contribution in [2.75, 3.05) is 0 Å². The minimum atomic E-state index is -0.254. The third kappa shape index (κ3) is 2.02. The van der Waals surface area contributed by atoms with Gasteiger partial charge >= 0.3 is 0 Å². The number of hydrogen-bond acceptors (Lipinski definition) is 5. The summed E-state index contributed by atoms with van der Waals surface area (Å²) in [7, 11) is 0. The number of pyridine rings is 1. The molecule has 2 N–H and O–H groups in total. The number of hydrogen-bond donors (Lipinski definition) is 1. The Kier molecular flexibility index (Phi) is 2.47. The second-order valence-electron chi connectivity index (χ2n) is 3.46. The van der Waals surface area contributed by atoms with Crippen LogP contribution in [0.25, 0.3) is 11.5 Å². The van der Waals surface area contributed by atoms with E-state index < -0.39 is 0 Å². The molecule has 0 aliphatic heterocycles. The summed E-state index contributed by atoms with van der Waals surface area (Å²) in [5.41, 5.74) is 7.42. The molecule has 0 bridgehead atoms. The monoisotopic (exact) mass is 204 g/mol. The van der Waals surface area contributed by atoms with E-state index in [1.807, 2.05) is 19.1 Å². The number of nitrogens with two attached hydrogens (primary N) is 1. The van der Waals surface area contributed by atoms with Crippen LogP contribution in [0.2, 0.25) is 0 Å². The smallest absolute Gasteiger partial charge is 0.243 e. The number of nitrogens with zero attached hydrogens (tertiary/aromatic N) is 3. The van der Waals surface area contributed by atoms with Crippen LogP contribution in [0.5, 0.6) is 0 Å². The minimum absolute atomic E-state index is 0.254. The van der Waals surface area contributed by atoms with E-state index in [2.05, 4.69) is 15.1 Å². The molecular formula is C10H12N4O. The molecule has 2 aromatic heterocycles. The van der Waals surface area contributed by atoms with Gasteiger partial charge in [0.05, 0.1) is 6.04 Å². The molecule has 0 fully saturated rings. The maximum absolute atomic E-state index is 5.62. The Labute approximate surface area is 87.3 Å². The SMILES string of the molecule is Cc1ccnc(-c2noc([C@@H](C)N)n2)c1. The Balaban J connectivity index is 2.37. The maximum atomic E-state index is 5.62. The highest BCUT2D eigenvalue weighted by atomic mass is 16.5. The lowest BCUT2D eigenvalue weighted by atomic mass is 10.2. The van der Waals surface area contributed by atoms with E-state index in [0.29, 0.717) is 17.4 Å². The van der Waals surface area contributed by atoms with Gasteiger partial charge in [0.15, 0.2) is 0 Å². The fourth-order valence-corrected chi connectivity index (χ4v) is 1.18. The zero-order valence-corrected chi connectivity index (χ0v) is 8.64. The maximum Gasteiger partial charge on any atom is 0.243 e. The topological polar surface area (TPSA) is 77.8 Å². The Morgan fingerprint density at radius 2 is 2.27 bits per heavy atom. The lowest BCUT2D eigenvalue weighted by molar-refractivity contribution is 0.362. The molecule has 0 unspecified atom stereocenters.